The molecule has 0 aliphatic carbocycles. The molecule has 0 N–H and O–H groups in total. The van der Waals surface area contributed by atoms with Crippen LogP contribution in [0.15, 0.2) is 6.07 Å². The highest BCUT2D eigenvalue weighted by Crippen LogP contribution is 2.19. The van der Waals surface area contributed by atoms with Gasteiger partial charge < -0.3 is 0 Å². The molecule has 17 heavy (non-hydrogen) atoms. The van der Waals surface area contributed by atoms with Crippen LogP contribution in [-0.4, -0.2) is 33.6 Å². The van der Waals surface area contributed by atoms with Gasteiger partial charge in [0, 0.05) is 19.5 Å². The first-order chi connectivity index (χ1) is 8.06. The zero-order chi connectivity index (χ0) is 12.4. The summed E-state index contributed by atoms with van der Waals surface area (Å²) in [5.74, 6) is 0.639. The quantitative estimate of drug-likeness (QED) is 0.797. The summed E-state index contributed by atoms with van der Waals surface area (Å²) >= 11 is 0. The molecule has 4 nitrogen and oxygen atoms in total. The van der Waals surface area contributed by atoms with Gasteiger partial charge in [-0.05, 0) is 45.8 Å². The van der Waals surface area contributed by atoms with Gasteiger partial charge in [0.05, 0.1) is 11.4 Å². The van der Waals surface area contributed by atoms with E-state index in [2.05, 4.69) is 16.1 Å². The number of rotatable bonds is 3. The van der Waals surface area contributed by atoms with E-state index in [9.17, 15) is 4.79 Å². The molecule has 1 aliphatic rings. The molecule has 1 aromatic rings. The average molecular weight is 235 g/mol. The van der Waals surface area contributed by atoms with Crippen molar-refractivity contribution in [1.82, 2.24) is 14.7 Å². The van der Waals surface area contributed by atoms with Crippen molar-refractivity contribution < 1.29 is 4.79 Å². The van der Waals surface area contributed by atoms with Crippen molar-refractivity contribution in [2.24, 2.45) is 13.0 Å². The molecule has 0 spiro atoms. The first-order valence-corrected chi connectivity index (χ1v) is 6.28. The van der Waals surface area contributed by atoms with Gasteiger partial charge in [-0.15, -0.1) is 0 Å². The van der Waals surface area contributed by atoms with Crippen molar-refractivity contribution in [3.63, 3.8) is 0 Å². The number of carbonyl (C=O) groups is 1. The fraction of sp³-hybridized carbons (Fsp3) is 0.692. The highest BCUT2D eigenvalue weighted by atomic mass is 16.1. The number of aryl methyl sites for hydroxylation is 2. The first-order valence-electron chi connectivity index (χ1n) is 6.28. The fourth-order valence-corrected chi connectivity index (χ4v) is 2.54. The van der Waals surface area contributed by atoms with Gasteiger partial charge in [0.15, 0.2) is 0 Å². The Labute approximate surface area is 103 Å². The fourth-order valence-electron chi connectivity index (χ4n) is 2.54. The number of Topliss-reactive ketones (excluding diaryl/α,β-unsaturated/α-hetero) is 1. The van der Waals surface area contributed by atoms with Crippen LogP contribution in [0.1, 0.15) is 31.2 Å². The summed E-state index contributed by atoms with van der Waals surface area (Å²) in [5.41, 5.74) is 2.32. The maximum Gasteiger partial charge on any atom is 0.133 e. The Morgan fingerprint density at radius 2 is 2.12 bits per heavy atom. The van der Waals surface area contributed by atoms with E-state index in [4.69, 9.17) is 0 Å². The summed E-state index contributed by atoms with van der Waals surface area (Å²) in [4.78, 5) is 13.7. The Morgan fingerprint density at radius 1 is 1.47 bits per heavy atom. The summed E-state index contributed by atoms with van der Waals surface area (Å²) in [6, 6.07) is 2.14. The summed E-state index contributed by atoms with van der Waals surface area (Å²) < 4.78 is 1.95. The van der Waals surface area contributed by atoms with E-state index >= 15 is 0 Å². The Bertz CT molecular complexity index is 403. The lowest BCUT2D eigenvalue weighted by atomic mass is 9.93. The van der Waals surface area contributed by atoms with Crippen LogP contribution in [0, 0.1) is 12.8 Å². The topological polar surface area (TPSA) is 38.1 Å². The zero-order valence-electron chi connectivity index (χ0n) is 10.9. The minimum Gasteiger partial charge on any atom is -0.300 e. The van der Waals surface area contributed by atoms with Gasteiger partial charge in [-0.2, -0.15) is 5.10 Å². The standard InChI is InChI=1S/C13H21N3O/c1-10-8-13(15(3)14-10)9-16-6-4-12(5-7-16)11(2)17/h8,12H,4-7,9H2,1-3H3. The van der Waals surface area contributed by atoms with Gasteiger partial charge in [-0.1, -0.05) is 0 Å². The molecule has 0 unspecified atom stereocenters. The molecule has 0 saturated carbocycles. The molecule has 2 rings (SSSR count). The van der Waals surface area contributed by atoms with Crippen LogP contribution in [0.2, 0.25) is 0 Å². The van der Waals surface area contributed by atoms with Crippen LogP contribution in [-0.2, 0) is 18.4 Å². The van der Waals surface area contributed by atoms with Crippen LogP contribution in [0.3, 0.4) is 0 Å². The number of likely N-dealkylation sites (tertiary alicyclic amines) is 1. The monoisotopic (exact) mass is 235 g/mol. The molecule has 1 aromatic heterocycles. The number of aromatic nitrogens is 2. The van der Waals surface area contributed by atoms with Crippen molar-refractivity contribution in [3.8, 4) is 0 Å². The minimum atomic E-state index is 0.291. The normalized spacial score (nSPS) is 18.5. The van der Waals surface area contributed by atoms with Gasteiger partial charge in [0.1, 0.15) is 5.78 Å². The third-order valence-corrected chi connectivity index (χ3v) is 3.65. The number of piperidine rings is 1. The van der Waals surface area contributed by atoms with Crippen LogP contribution < -0.4 is 0 Å². The smallest absolute Gasteiger partial charge is 0.133 e. The van der Waals surface area contributed by atoms with E-state index in [1.54, 1.807) is 6.92 Å². The molecule has 0 bridgehead atoms. The molecule has 4 heteroatoms. The van der Waals surface area contributed by atoms with E-state index < -0.39 is 0 Å². The van der Waals surface area contributed by atoms with Gasteiger partial charge in [0.2, 0.25) is 0 Å². The van der Waals surface area contributed by atoms with E-state index in [-0.39, 0.29) is 0 Å². The maximum absolute atomic E-state index is 11.3. The number of hydrogen-bond donors (Lipinski definition) is 0. The lowest BCUT2D eigenvalue weighted by molar-refractivity contribution is -0.122. The Morgan fingerprint density at radius 3 is 2.59 bits per heavy atom. The predicted octanol–water partition coefficient (Wildman–Crippen LogP) is 1.53. The lowest BCUT2D eigenvalue weighted by Gasteiger charge is -2.30. The lowest BCUT2D eigenvalue weighted by Crippen LogP contribution is -2.35. The van der Waals surface area contributed by atoms with Gasteiger partial charge in [-0.25, -0.2) is 0 Å². The van der Waals surface area contributed by atoms with Crippen LogP contribution in [0.4, 0.5) is 0 Å². The molecule has 0 atom stereocenters. The summed E-state index contributed by atoms with van der Waals surface area (Å²) in [6.45, 7) is 6.72. The molecular weight excluding hydrogens is 214 g/mol. The van der Waals surface area contributed by atoms with Crippen molar-refractivity contribution in [2.75, 3.05) is 13.1 Å². The van der Waals surface area contributed by atoms with Crippen molar-refractivity contribution in [3.05, 3.63) is 17.5 Å². The van der Waals surface area contributed by atoms with E-state index in [1.807, 2.05) is 18.7 Å². The molecule has 1 saturated heterocycles. The average Bonchev–Trinajstić information content (AvgIpc) is 2.58. The van der Waals surface area contributed by atoms with Crippen LogP contribution in [0.5, 0.6) is 0 Å². The van der Waals surface area contributed by atoms with E-state index in [1.165, 1.54) is 5.69 Å². The summed E-state index contributed by atoms with van der Waals surface area (Å²) in [6.07, 6.45) is 2.01. The Kier molecular flexibility index (Phi) is 3.62. The predicted molar refractivity (Wildman–Crippen MR) is 66.6 cm³/mol. The molecule has 0 aromatic carbocycles. The summed E-state index contributed by atoms with van der Waals surface area (Å²) in [5, 5.41) is 4.36. The third-order valence-electron chi connectivity index (χ3n) is 3.65. The number of hydrogen-bond acceptors (Lipinski definition) is 3. The van der Waals surface area contributed by atoms with Gasteiger partial charge in [-0.3, -0.25) is 14.4 Å². The molecule has 94 valence electrons. The molecule has 1 aliphatic heterocycles. The maximum atomic E-state index is 11.3. The van der Waals surface area contributed by atoms with Crippen LogP contribution >= 0.6 is 0 Å². The van der Waals surface area contributed by atoms with Crippen molar-refractivity contribution in [1.29, 1.82) is 0 Å². The SMILES string of the molecule is CC(=O)C1CCN(Cc2cc(C)nn2C)CC1. The minimum absolute atomic E-state index is 0.291. The van der Waals surface area contributed by atoms with Crippen molar-refractivity contribution in [2.45, 2.75) is 33.2 Å². The Hall–Kier alpha value is -1.16. The Balaban J connectivity index is 1.90. The second-order valence-corrected chi connectivity index (χ2v) is 5.06. The van der Waals surface area contributed by atoms with E-state index in [0.29, 0.717) is 11.7 Å². The highest BCUT2D eigenvalue weighted by Gasteiger charge is 2.22. The number of nitrogens with zero attached hydrogens (tertiary/aromatic N) is 3. The van der Waals surface area contributed by atoms with E-state index in [0.717, 1.165) is 38.2 Å². The van der Waals surface area contributed by atoms with Crippen LogP contribution in [0.25, 0.3) is 0 Å². The number of ketones is 1. The van der Waals surface area contributed by atoms with Gasteiger partial charge >= 0.3 is 0 Å². The highest BCUT2D eigenvalue weighted by molar-refractivity contribution is 5.78. The second kappa shape index (κ2) is 5.00. The molecule has 2 heterocycles. The molecule has 0 amide bonds. The van der Waals surface area contributed by atoms with Crippen molar-refractivity contribution >= 4 is 5.78 Å². The third kappa shape index (κ3) is 2.94. The molecule has 0 radical (unpaired) electrons. The summed E-state index contributed by atoms with van der Waals surface area (Å²) in [7, 11) is 1.99. The van der Waals surface area contributed by atoms with Gasteiger partial charge in [0.25, 0.3) is 0 Å². The molecule has 1 fully saturated rings. The first kappa shape index (κ1) is 12.3. The second-order valence-electron chi connectivity index (χ2n) is 5.06. The zero-order valence-corrected chi connectivity index (χ0v) is 10.9. The number of carbonyl (C=O) groups excluding carboxylic acids is 1. The molecular formula is C13H21N3O. The largest absolute Gasteiger partial charge is 0.300 e.